The third-order valence-electron chi connectivity index (χ3n) is 2.39. The van der Waals surface area contributed by atoms with Gasteiger partial charge in [-0.15, -0.1) is 0 Å². The van der Waals surface area contributed by atoms with Crippen LogP contribution < -0.4 is 0 Å². The van der Waals surface area contributed by atoms with E-state index in [1.165, 1.54) is 0 Å². The van der Waals surface area contributed by atoms with Crippen LogP contribution in [0.2, 0.25) is 0 Å². The van der Waals surface area contributed by atoms with E-state index in [0.29, 0.717) is 6.42 Å². The van der Waals surface area contributed by atoms with Crippen molar-refractivity contribution in [3.8, 4) is 0 Å². The molecule has 1 N–H and O–H groups in total. The maximum Gasteiger partial charge on any atom is 0.307 e. The van der Waals surface area contributed by atoms with Crippen LogP contribution >= 0.6 is 15.9 Å². The van der Waals surface area contributed by atoms with Gasteiger partial charge in [0.2, 0.25) is 0 Å². The molecular weight excluding hydrogens is 220 g/mol. The van der Waals surface area contributed by atoms with Gasteiger partial charge in [0.15, 0.2) is 0 Å². The Morgan fingerprint density at radius 2 is 2.08 bits per heavy atom. The second kappa shape index (κ2) is 4.85. The van der Waals surface area contributed by atoms with E-state index in [1.807, 2.05) is 20.8 Å². The lowest BCUT2D eigenvalue weighted by Crippen LogP contribution is -2.30. The Labute approximate surface area is 82.5 Å². The fourth-order valence-electron chi connectivity index (χ4n) is 1.48. The molecule has 0 rings (SSSR count). The van der Waals surface area contributed by atoms with E-state index in [-0.39, 0.29) is 11.3 Å². The highest BCUT2D eigenvalue weighted by molar-refractivity contribution is 9.09. The number of hydrogen-bond donors (Lipinski definition) is 1. The molecule has 1 atom stereocenters. The predicted molar refractivity (Wildman–Crippen MR) is 53.6 cm³/mol. The molecule has 0 aliphatic heterocycles. The Kier molecular flexibility index (Phi) is 4.83. The summed E-state index contributed by atoms with van der Waals surface area (Å²) >= 11 is 3.34. The molecule has 0 amide bonds. The molecule has 0 aromatic heterocycles. The predicted octanol–water partition coefficient (Wildman–Crippen LogP) is 2.91. The lowest BCUT2D eigenvalue weighted by Gasteiger charge is -2.30. The number of carboxylic acids is 1. The molecule has 72 valence electrons. The Morgan fingerprint density at radius 3 is 2.33 bits per heavy atom. The number of hydrogen-bond acceptors (Lipinski definition) is 1. The lowest BCUT2D eigenvalue weighted by atomic mass is 9.75. The standard InChI is InChI=1S/C9H17BrO2/c1-4-7(8(11)12)9(2,3)5-6-10/h7H,4-6H2,1-3H3,(H,11,12). The van der Waals surface area contributed by atoms with E-state index >= 15 is 0 Å². The van der Waals surface area contributed by atoms with E-state index in [9.17, 15) is 4.79 Å². The summed E-state index contributed by atoms with van der Waals surface area (Å²) in [5.74, 6) is -0.904. The van der Waals surface area contributed by atoms with Crippen LogP contribution in [0.15, 0.2) is 0 Å². The quantitative estimate of drug-likeness (QED) is 0.746. The van der Waals surface area contributed by atoms with E-state index in [4.69, 9.17) is 5.11 Å². The molecule has 1 unspecified atom stereocenters. The molecule has 0 heterocycles. The van der Waals surface area contributed by atoms with Crippen LogP contribution in [0.5, 0.6) is 0 Å². The summed E-state index contributed by atoms with van der Waals surface area (Å²) in [7, 11) is 0. The largest absolute Gasteiger partial charge is 0.481 e. The molecule has 0 aromatic carbocycles. The first-order chi connectivity index (χ1) is 5.45. The summed E-state index contributed by atoms with van der Waals surface area (Å²) in [6.45, 7) is 5.95. The average Bonchev–Trinajstić information content (AvgIpc) is 1.86. The van der Waals surface area contributed by atoms with Crippen LogP contribution in [0, 0.1) is 11.3 Å². The van der Waals surface area contributed by atoms with Crippen LogP contribution in [0.1, 0.15) is 33.6 Å². The van der Waals surface area contributed by atoms with Crippen molar-refractivity contribution < 1.29 is 9.90 Å². The van der Waals surface area contributed by atoms with Gasteiger partial charge in [-0.2, -0.15) is 0 Å². The van der Waals surface area contributed by atoms with Gasteiger partial charge in [0, 0.05) is 5.33 Å². The molecule has 0 saturated carbocycles. The second-order valence-corrected chi connectivity index (χ2v) is 4.52. The van der Waals surface area contributed by atoms with Gasteiger partial charge in [-0.05, 0) is 18.3 Å². The minimum Gasteiger partial charge on any atom is -0.481 e. The fourth-order valence-corrected chi connectivity index (χ4v) is 2.50. The first-order valence-corrected chi connectivity index (χ1v) is 5.36. The molecule has 0 spiro atoms. The minimum atomic E-state index is -0.677. The van der Waals surface area contributed by atoms with Crippen LogP contribution in [-0.4, -0.2) is 16.4 Å². The van der Waals surface area contributed by atoms with Gasteiger partial charge in [-0.25, -0.2) is 0 Å². The van der Waals surface area contributed by atoms with E-state index in [1.54, 1.807) is 0 Å². The third kappa shape index (κ3) is 3.13. The Morgan fingerprint density at radius 1 is 1.58 bits per heavy atom. The molecule has 3 heteroatoms. The van der Waals surface area contributed by atoms with Crippen molar-refractivity contribution in [2.45, 2.75) is 33.6 Å². The van der Waals surface area contributed by atoms with Crippen LogP contribution in [-0.2, 0) is 4.79 Å². The molecule has 0 aliphatic carbocycles. The molecule has 0 fully saturated rings. The highest BCUT2D eigenvalue weighted by atomic mass is 79.9. The molecule has 0 aliphatic rings. The number of halogens is 1. The van der Waals surface area contributed by atoms with E-state index in [2.05, 4.69) is 15.9 Å². The van der Waals surface area contributed by atoms with Crippen LogP contribution in [0.4, 0.5) is 0 Å². The van der Waals surface area contributed by atoms with Gasteiger partial charge in [0.25, 0.3) is 0 Å². The first-order valence-electron chi connectivity index (χ1n) is 4.24. The SMILES string of the molecule is CCC(C(=O)O)C(C)(C)CCBr. The minimum absolute atomic E-state index is 0.107. The van der Waals surface area contributed by atoms with Crippen molar-refractivity contribution in [2.75, 3.05) is 5.33 Å². The van der Waals surface area contributed by atoms with Crippen LogP contribution in [0.25, 0.3) is 0 Å². The number of carboxylic acid groups (broad SMARTS) is 1. The normalized spacial score (nSPS) is 14.3. The number of alkyl halides is 1. The Hall–Kier alpha value is -0.0500. The van der Waals surface area contributed by atoms with Crippen molar-refractivity contribution >= 4 is 21.9 Å². The highest BCUT2D eigenvalue weighted by Gasteiger charge is 2.32. The maximum atomic E-state index is 10.8. The van der Waals surface area contributed by atoms with Gasteiger partial charge in [0.05, 0.1) is 5.92 Å². The number of aliphatic carboxylic acids is 1. The monoisotopic (exact) mass is 236 g/mol. The van der Waals surface area contributed by atoms with Crippen molar-refractivity contribution in [3.05, 3.63) is 0 Å². The second-order valence-electron chi connectivity index (χ2n) is 3.73. The Balaban J connectivity index is 4.36. The van der Waals surface area contributed by atoms with Gasteiger partial charge in [-0.1, -0.05) is 36.7 Å². The molecular formula is C9H17BrO2. The summed E-state index contributed by atoms with van der Waals surface area (Å²) in [6.07, 6.45) is 1.60. The van der Waals surface area contributed by atoms with E-state index in [0.717, 1.165) is 11.8 Å². The summed E-state index contributed by atoms with van der Waals surface area (Å²) in [5, 5.41) is 9.79. The molecule has 0 saturated heterocycles. The van der Waals surface area contributed by atoms with Crippen molar-refractivity contribution in [1.82, 2.24) is 0 Å². The number of carbonyl (C=O) groups is 1. The van der Waals surface area contributed by atoms with Crippen LogP contribution in [0.3, 0.4) is 0 Å². The fraction of sp³-hybridized carbons (Fsp3) is 0.889. The molecule has 0 aromatic rings. The molecule has 12 heavy (non-hydrogen) atoms. The molecule has 0 bridgehead atoms. The topological polar surface area (TPSA) is 37.3 Å². The summed E-state index contributed by atoms with van der Waals surface area (Å²) in [6, 6.07) is 0. The molecule has 0 radical (unpaired) electrons. The molecule has 2 nitrogen and oxygen atoms in total. The zero-order chi connectivity index (χ0) is 9.78. The smallest absolute Gasteiger partial charge is 0.307 e. The van der Waals surface area contributed by atoms with Gasteiger partial charge in [0.1, 0.15) is 0 Å². The van der Waals surface area contributed by atoms with Gasteiger partial charge < -0.3 is 5.11 Å². The highest BCUT2D eigenvalue weighted by Crippen LogP contribution is 2.33. The van der Waals surface area contributed by atoms with Crippen molar-refractivity contribution in [2.24, 2.45) is 11.3 Å². The first kappa shape index (κ1) is 11.9. The van der Waals surface area contributed by atoms with E-state index < -0.39 is 5.97 Å². The van der Waals surface area contributed by atoms with Gasteiger partial charge >= 0.3 is 5.97 Å². The van der Waals surface area contributed by atoms with Gasteiger partial charge in [-0.3, -0.25) is 4.79 Å². The third-order valence-corrected chi connectivity index (χ3v) is 2.78. The number of rotatable bonds is 5. The zero-order valence-corrected chi connectivity index (χ0v) is 9.52. The lowest BCUT2D eigenvalue weighted by molar-refractivity contribution is -0.146. The zero-order valence-electron chi connectivity index (χ0n) is 7.93. The Bertz CT molecular complexity index is 155. The average molecular weight is 237 g/mol. The van der Waals surface area contributed by atoms with Crippen molar-refractivity contribution in [3.63, 3.8) is 0 Å². The summed E-state index contributed by atoms with van der Waals surface area (Å²) in [4.78, 5) is 10.8. The summed E-state index contributed by atoms with van der Waals surface area (Å²) < 4.78 is 0. The maximum absolute atomic E-state index is 10.8. The summed E-state index contributed by atoms with van der Waals surface area (Å²) in [5.41, 5.74) is -0.107. The van der Waals surface area contributed by atoms with Crippen molar-refractivity contribution in [1.29, 1.82) is 0 Å².